The summed E-state index contributed by atoms with van der Waals surface area (Å²) >= 11 is 0. The summed E-state index contributed by atoms with van der Waals surface area (Å²) < 4.78 is 11.0. The number of ether oxygens (including phenoxy) is 2. The molecule has 28 heavy (non-hydrogen) atoms. The molecule has 2 aromatic rings. The highest BCUT2D eigenvalue weighted by atomic mass is 16.6. The first kappa shape index (κ1) is 21.0. The number of methoxy groups -OCH3 is 1. The van der Waals surface area contributed by atoms with Gasteiger partial charge in [0.2, 0.25) is 5.91 Å². The standard InChI is InChI=1S/C21H24N2O5/c1-4-5-13-28-19-11-9-16(14-20(19)27-3)10-12-21(24)22-17-7-6-8-18(15(17)2)23(25)26/h6-12,14H,4-5,13H2,1-3H3,(H,22,24)/b12-10+. The number of rotatable bonds is 9. The number of carbonyl (C=O) groups excluding carboxylic acids is 1. The van der Waals surface area contributed by atoms with Crippen LogP contribution in [0.1, 0.15) is 30.9 Å². The summed E-state index contributed by atoms with van der Waals surface area (Å²) in [7, 11) is 1.56. The molecule has 2 rings (SSSR count). The van der Waals surface area contributed by atoms with Gasteiger partial charge in [-0.1, -0.05) is 25.5 Å². The zero-order valence-corrected chi connectivity index (χ0v) is 16.2. The second-order valence-electron chi connectivity index (χ2n) is 6.14. The van der Waals surface area contributed by atoms with Gasteiger partial charge in [-0.25, -0.2) is 0 Å². The number of nitrogens with zero attached hydrogens (tertiary/aromatic N) is 1. The fraction of sp³-hybridized carbons (Fsp3) is 0.286. The molecular formula is C21H24N2O5. The molecule has 7 heteroatoms. The monoisotopic (exact) mass is 384 g/mol. The highest BCUT2D eigenvalue weighted by molar-refractivity contribution is 6.02. The molecule has 0 atom stereocenters. The highest BCUT2D eigenvalue weighted by Gasteiger charge is 2.14. The van der Waals surface area contributed by atoms with Crippen LogP contribution in [0.5, 0.6) is 11.5 Å². The van der Waals surface area contributed by atoms with Crippen molar-refractivity contribution in [2.75, 3.05) is 19.0 Å². The number of nitrogens with one attached hydrogen (secondary N) is 1. The first-order chi connectivity index (χ1) is 13.5. The molecule has 0 aliphatic rings. The molecule has 0 heterocycles. The van der Waals surface area contributed by atoms with E-state index in [0.29, 0.717) is 29.4 Å². The van der Waals surface area contributed by atoms with Crippen molar-refractivity contribution in [3.63, 3.8) is 0 Å². The molecule has 0 aromatic heterocycles. The Morgan fingerprint density at radius 3 is 2.71 bits per heavy atom. The van der Waals surface area contributed by atoms with Crippen molar-refractivity contribution in [3.05, 3.63) is 63.7 Å². The molecule has 1 N–H and O–H groups in total. The second-order valence-corrected chi connectivity index (χ2v) is 6.14. The zero-order valence-electron chi connectivity index (χ0n) is 16.2. The van der Waals surface area contributed by atoms with Crippen LogP contribution >= 0.6 is 0 Å². The van der Waals surface area contributed by atoms with Crippen molar-refractivity contribution in [2.24, 2.45) is 0 Å². The van der Waals surface area contributed by atoms with E-state index in [1.807, 2.05) is 6.07 Å². The van der Waals surface area contributed by atoms with Crippen LogP contribution in [0.2, 0.25) is 0 Å². The van der Waals surface area contributed by atoms with Crippen LogP contribution < -0.4 is 14.8 Å². The lowest BCUT2D eigenvalue weighted by atomic mass is 10.1. The number of anilines is 1. The number of hydrogen-bond acceptors (Lipinski definition) is 5. The van der Waals surface area contributed by atoms with Gasteiger partial charge in [-0.15, -0.1) is 0 Å². The van der Waals surface area contributed by atoms with Gasteiger partial charge in [-0.2, -0.15) is 0 Å². The molecule has 0 radical (unpaired) electrons. The molecule has 148 valence electrons. The molecular weight excluding hydrogens is 360 g/mol. The number of hydrogen-bond donors (Lipinski definition) is 1. The van der Waals surface area contributed by atoms with E-state index in [-0.39, 0.29) is 11.6 Å². The number of carbonyl (C=O) groups is 1. The van der Waals surface area contributed by atoms with Crippen LogP contribution in [0.3, 0.4) is 0 Å². The fourth-order valence-electron chi connectivity index (χ4n) is 2.54. The Morgan fingerprint density at radius 2 is 2.04 bits per heavy atom. The van der Waals surface area contributed by atoms with Gasteiger partial charge >= 0.3 is 0 Å². The molecule has 0 saturated heterocycles. The maximum atomic E-state index is 12.2. The third-order valence-corrected chi connectivity index (χ3v) is 4.13. The van der Waals surface area contributed by atoms with Crippen LogP contribution in [0.15, 0.2) is 42.5 Å². The maximum Gasteiger partial charge on any atom is 0.274 e. The summed E-state index contributed by atoms with van der Waals surface area (Å²) in [5, 5.41) is 13.7. The molecule has 0 bridgehead atoms. The quantitative estimate of drug-likeness (QED) is 0.292. The molecule has 0 fully saturated rings. The summed E-state index contributed by atoms with van der Waals surface area (Å²) in [4.78, 5) is 22.7. The van der Waals surface area contributed by atoms with Crippen LogP contribution in [0.25, 0.3) is 6.08 Å². The minimum absolute atomic E-state index is 0.0369. The molecule has 0 unspecified atom stereocenters. The Balaban J connectivity index is 2.08. The summed E-state index contributed by atoms with van der Waals surface area (Å²) in [5.41, 5.74) is 1.54. The van der Waals surface area contributed by atoms with Gasteiger partial charge in [0.15, 0.2) is 11.5 Å². The Morgan fingerprint density at radius 1 is 1.25 bits per heavy atom. The fourth-order valence-corrected chi connectivity index (χ4v) is 2.54. The average molecular weight is 384 g/mol. The summed E-state index contributed by atoms with van der Waals surface area (Å²) in [6.45, 7) is 4.31. The maximum absolute atomic E-state index is 12.2. The zero-order chi connectivity index (χ0) is 20.5. The van der Waals surface area contributed by atoms with Crippen LogP contribution in [0.4, 0.5) is 11.4 Å². The van der Waals surface area contributed by atoms with E-state index in [0.717, 1.165) is 18.4 Å². The predicted molar refractivity (Wildman–Crippen MR) is 109 cm³/mol. The van der Waals surface area contributed by atoms with Crippen molar-refractivity contribution in [3.8, 4) is 11.5 Å². The molecule has 0 saturated carbocycles. The Kier molecular flexibility index (Phi) is 7.56. The minimum Gasteiger partial charge on any atom is -0.493 e. The lowest BCUT2D eigenvalue weighted by molar-refractivity contribution is -0.385. The minimum atomic E-state index is -0.475. The van der Waals surface area contributed by atoms with Gasteiger partial charge < -0.3 is 14.8 Å². The first-order valence-corrected chi connectivity index (χ1v) is 9.00. The lowest BCUT2D eigenvalue weighted by Gasteiger charge is -2.11. The smallest absolute Gasteiger partial charge is 0.274 e. The Hall–Kier alpha value is -3.35. The van der Waals surface area contributed by atoms with Gasteiger partial charge in [-0.05, 0) is 43.2 Å². The first-order valence-electron chi connectivity index (χ1n) is 9.00. The third kappa shape index (κ3) is 5.57. The van der Waals surface area contributed by atoms with E-state index in [2.05, 4.69) is 12.2 Å². The summed E-state index contributed by atoms with van der Waals surface area (Å²) in [5.74, 6) is 0.865. The van der Waals surface area contributed by atoms with Crippen molar-refractivity contribution in [2.45, 2.75) is 26.7 Å². The predicted octanol–water partition coefficient (Wildman–Crippen LogP) is 4.74. The SMILES string of the molecule is CCCCOc1ccc(/C=C/C(=O)Nc2cccc([N+](=O)[O-])c2C)cc1OC. The Labute approximate surface area is 164 Å². The number of benzene rings is 2. The molecule has 2 aromatic carbocycles. The lowest BCUT2D eigenvalue weighted by Crippen LogP contribution is -2.09. The van der Waals surface area contributed by atoms with E-state index >= 15 is 0 Å². The van der Waals surface area contributed by atoms with E-state index in [4.69, 9.17) is 9.47 Å². The van der Waals surface area contributed by atoms with Crippen molar-refractivity contribution < 1.29 is 19.2 Å². The Bertz CT molecular complexity index is 877. The molecule has 0 aliphatic carbocycles. The van der Waals surface area contributed by atoms with Crippen molar-refractivity contribution >= 4 is 23.4 Å². The van der Waals surface area contributed by atoms with Gasteiger partial charge in [0.05, 0.1) is 29.9 Å². The average Bonchev–Trinajstić information content (AvgIpc) is 2.68. The van der Waals surface area contributed by atoms with E-state index < -0.39 is 4.92 Å². The van der Waals surface area contributed by atoms with E-state index in [9.17, 15) is 14.9 Å². The molecule has 7 nitrogen and oxygen atoms in total. The van der Waals surface area contributed by atoms with Crippen LogP contribution in [-0.2, 0) is 4.79 Å². The summed E-state index contributed by atoms with van der Waals surface area (Å²) in [6.07, 6.45) is 5.01. The molecule has 0 aliphatic heterocycles. The van der Waals surface area contributed by atoms with Gasteiger partial charge in [0.25, 0.3) is 5.69 Å². The van der Waals surface area contributed by atoms with Gasteiger partial charge in [0, 0.05) is 12.1 Å². The number of nitro groups is 1. The molecule has 0 spiro atoms. The van der Waals surface area contributed by atoms with Crippen LogP contribution in [-0.4, -0.2) is 24.5 Å². The topological polar surface area (TPSA) is 90.7 Å². The second kappa shape index (κ2) is 10.1. The van der Waals surface area contributed by atoms with Crippen molar-refractivity contribution in [1.82, 2.24) is 0 Å². The number of unbranched alkanes of at least 4 members (excludes halogenated alkanes) is 1. The van der Waals surface area contributed by atoms with Crippen LogP contribution in [0, 0.1) is 17.0 Å². The molecule has 1 amide bonds. The largest absolute Gasteiger partial charge is 0.493 e. The normalized spacial score (nSPS) is 10.7. The van der Waals surface area contributed by atoms with Gasteiger partial charge in [0.1, 0.15) is 0 Å². The van der Waals surface area contributed by atoms with Gasteiger partial charge in [-0.3, -0.25) is 14.9 Å². The van der Waals surface area contributed by atoms with E-state index in [1.54, 1.807) is 38.3 Å². The summed E-state index contributed by atoms with van der Waals surface area (Å²) in [6, 6.07) is 9.97. The van der Waals surface area contributed by atoms with E-state index in [1.165, 1.54) is 18.2 Å². The highest BCUT2D eigenvalue weighted by Crippen LogP contribution is 2.29. The van der Waals surface area contributed by atoms with Crippen molar-refractivity contribution in [1.29, 1.82) is 0 Å². The number of amides is 1. The number of nitro benzene ring substituents is 1. The third-order valence-electron chi connectivity index (χ3n) is 4.13.